The number of carbonyl (C=O) groups is 1. The van der Waals surface area contributed by atoms with Crippen molar-refractivity contribution in [1.82, 2.24) is 4.98 Å². The van der Waals surface area contributed by atoms with E-state index in [1.54, 1.807) is 19.2 Å². The first-order chi connectivity index (χ1) is 12.6. The first-order valence-electron chi connectivity index (χ1n) is 7.96. The summed E-state index contributed by atoms with van der Waals surface area (Å²) in [5.74, 6) is 0.627. The molecule has 0 unspecified atom stereocenters. The highest BCUT2D eigenvalue weighted by Crippen LogP contribution is 2.33. The SMILES string of the molecule is COCc1cc(C)c(C(=O)Nc2ccc(Oc3ccccc3)s2)c(N)n1. The van der Waals surface area contributed by atoms with Gasteiger partial charge in [0, 0.05) is 7.11 Å². The topological polar surface area (TPSA) is 86.5 Å². The molecule has 3 rings (SSSR count). The third-order valence-electron chi connectivity index (χ3n) is 3.60. The van der Waals surface area contributed by atoms with Gasteiger partial charge in [-0.25, -0.2) is 4.98 Å². The van der Waals surface area contributed by atoms with Gasteiger partial charge in [-0.2, -0.15) is 0 Å². The highest BCUT2D eigenvalue weighted by Gasteiger charge is 2.17. The Morgan fingerprint density at radius 3 is 2.69 bits per heavy atom. The predicted molar refractivity (Wildman–Crippen MR) is 103 cm³/mol. The summed E-state index contributed by atoms with van der Waals surface area (Å²) in [6, 6.07) is 14.9. The van der Waals surface area contributed by atoms with Crippen LogP contribution in [0.15, 0.2) is 48.5 Å². The molecule has 3 aromatic rings. The van der Waals surface area contributed by atoms with E-state index in [-0.39, 0.29) is 11.7 Å². The molecule has 0 spiro atoms. The van der Waals surface area contributed by atoms with E-state index in [9.17, 15) is 4.79 Å². The number of methoxy groups -OCH3 is 1. The second-order valence-electron chi connectivity index (χ2n) is 5.61. The first-order valence-corrected chi connectivity index (χ1v) is 8.77. The molecule has 0 fully saturated rings. The molecular weight excluding hydrogens is 350 g/mol. The van der Waals surface area contributed by atoms with Gasteiger partial charge in [-0.15, -0.1) is 0 Å². The van der Waals surface area contributed by atoms with Crippen molar-refractivity contribution in [2.24, 2.45) is 0 Å². The Bertz CT molecular complexity index is 886. The number of nitrogens with zero attached hydrogens (tertiary/aromatic N) is 1. The molecule has 134 valence electrons. The van der Waals surface area contributed by atoms with Gasteiger partial charge in [0.25, 0.3) is 5.91 Å². The molecule has 0 saturated carbocycles. The number of hydrogen-bond donors (Lipinski definition) is 2. The van der Waals surface area contributed by atoms with Gasteiger partial charge in [-0.3, -0.25) is 4.79 Å². The van der Waals surface area contributed by atoms with Crippen LogP contribution in [0.3, 0.4) is 0 Å². The van der Waals surface area contributed by atoms with E-state index in [4.69, 9.17) is 15.2 Å². The van der Waals surface area contributed by atoms with Gasteiger partial charge < -0.3 is 20.5 Å². The molecule has 7 heteroatoms. The molecule has 2 aromatic heterocycles. The summed E-state index contributed by atoms with van der Waals surface area (Å²) in [5, 5.41) is 4.20. The summed E-state index contributed by atoms with van der Waals surface area (Å²) >= 11 is 1.34. The monoisotopic (exact) mass is 369 g/mol. The molecule has 3 N–H and O–H groups in total. The standard InChI is InChI=1S/C19H19N3O3S/c1-12-10-13(11-24-2)21-18(20)17(12)19(23)22-15-8-9-16(26-15)25-14-6-4-3-5-7-14/h3-10H,11H2,1-2H3,(H2,20,21)(H,22,23). The van der Waals surface area contributed by atoms with Crippen molar-refractivity contribution in [3.63, 3.8) is 0 Å². The summed E-state index contributed by atoms with van der Waals surface area (Å²) in [4.78, 5) is 16.8. The molecule has 1 amide bonds. The molecule has 0 aliphatic heterocycles. The maximum absolute atomic E-state index is 12.6. The van der Waals surface area contributed by atoms with Gasteiger partial charge >= 0.3 is 0 Å². The average Bonchev–Trinajstić information content (AvgIpc) is 3.02. The fourth-order valence-corrected chi connectivity index (χ4v) is 3.28. The van der Waals surface area contributed by atoms with Crippen LogP contribution in [-0.2, 0) is 11.3 Å². The van der Waals surface area contributed by atoms with Crippen LogP contribution < -0.4 is 15.8 Å². The van der Waals surface area contributed by atoms with Crippen molar-refractivity contribution in [3.8, 4) is 10.8 Å². The largest absolute Gasteiger partial charge is 0.447 e. The summed E-state index contributed by atoms with van der Waals surface area (Å²) in [6.45, 7) is 2.17. The zero-order valence-corrected chi connectivity index (χ0v) is 15.3. The molecule has 0 aliphatic rings. The Hall–Kier alpha value is -2.90. The van der Waals surface area contributed by atoms with Crippen molar-refractivity contribution in [1.29, 1.82) is 0 Å². The van der Waals surface area contributed by atoms with Crippen LogP contribution >= 0.6 is 11.3 Å². The Balaban J connectivity index is 1.73. The van der Waals surface area contributed by atoms with Gasteiger partial charge in [-0.05, 0) is 42.8 Å². The van der Waals surface area contributed by atoms with Crippen LogP contribution in [0.5, 0.6) is 10.8 Å². The minimum Gasteiger partial charge on any atom is -0.447 e. The fraction of sp³-hybridized carbons (Fsp3) is 0.158. The van der Waals surface area contributed by atoms with Crippen LogP contribution in [0.25, 0.3) is 0 Å². The van der Waals surface area contributed by atoms with Gasteiger partial charge in [0.1, 0.15) is 11.6 Å². The predicted octanol–water partition coefficient (Wildman–Crippen LogP) is 4.22. The van der Waals surface area contributed by atoms with E-state index in [0.717, 1.165) is 11.3 Å². The van der Waals surface area contributed by atoms with Crippen LogP contribution in [0.2, 0.25) is 0 Å². The lowest BCUT2D eigenvalue weighted by Crippen LogP contribution is -2.16. The van der Waals surface area contributed by atoms with E-state index in [1.165, 1.54) is 11.3 Å². The van der Waals surface area contributed by atoms with Crippen LogP contribution in [-0.4, -0.2) is 18.0 Å². The Morgan fingerprint density at radius 2 is 2.00 bits per heavy atom. The summed E-state index contributed by atoms with van der Waals surface area (Å²) in [5.41, 5.74) is 7.77. The number of carbonyl (C=O) groups excluding carboxylic acids is 1. The van der Waals surface area contributed by atoms with Gasteiger partial charge in [-0.1, -0.05) is 29.5 Å². The van der Waals surface area contributed by atoms with E-state index < -0.39 is 0 Å². The Labute approximate surface area is 155 Å². The van der Waals surface area contributed by atoms with E-state index in [0.29, 0.717) is 27.9 Å². The molecule has 0 saturated heterocycles. The lowest BCUT2D eigenvalue weighted by molar-refractivity contribution is 0.102. The number of nitrogens with one attached hydrogen (secondary N) is 1. The summed E-state index contributed by atoms with van der Waals surface area (Å²) in [7, 11) is 1.58. The van der Waals surface area contributed by atoms with Crippen molar-refractivity contribution >= 4 is 28.1 Å². The molecule has 2 heterocycles. The third-order valence-corrected chi connectivity index (χ3v) is 4.48. The molecule has 0 aliphatic carbocycles. The zero-order chi connectivity index (χ0) is 18.5. The van der Waals surface area contributed by atoms with Gasteiger partial charge in [0.2, 0.25) is 0 Å². The number of aromatic nitrogens is 1. The van der Waals surface area contributed by atoms with Gasteiger partial charge in [0.15, 0.2) is 5.06 Å². The quantitative estimate of drug-likeness (QED) is 0.679. The number of anilines is 2. The number of para-hydroxylation sites is 1. The average molecular weight is 369 g/mol. The number of aryl methyl sites for hydroxylation is 1. The molecular formula is C19H19N3O3S. The highest BCUT2D eigenvalue weighted by atomic mass is 32.1. The number of ether oxygens (including phenoxy) is 2. The normalized spacial score (nSPS) is 10.5. The zero-order valence-electron chi connectivity index (χ0n) is 14.5. The fourth-order valence-electron chi connectivity index (χ4n) is 2.51. The van der Waals surface area contributed by atoms with E-state index >= 15 is 0 Å². The van der Waals surface area contributed by atoms with Crippen LogP contribution in [0.4, 0.5) is 10.8 Å². The molecule has 0 bridgehead atoms. The van der Waals surface area contributed by atoms with Crippen LogP contribution in [0.1, 0.15) is 21.6 Å². The number of amides is 1. The number of rotatable bonds is 6. The number of hydrogen-bond acceptors (Lipinski definition) is 6. The molecule has 0 atom stereocenters. The van der Waals surface area contributed by atoms with E-state index in [2.05, 4.69) is 10.3 Å². The second-order valence-corrected chi connectivity index (χ2v) is 6.66. The number of nitrogen functional groups attached to an aromatic ring is 1. The van der Waals surface area contributed by atoms with Crippen LogP contribution in [0, 0.1) is 6.92 Å². The highest BCUT2D eigenvalue weighted by molar-refractivity contribution is 7.18. The maximum Gasteiger partial charge on any atom is 0.260 e. The second kappa shape index (κ2) is 7.99. The van der Waals surface area contributed by atoms with Crippen molar-refractivity contribution in [3.05, 3.63) is 65.4 Å². The third kappa shape index (κ3) is 4.19. The lowest BCUT2D eigenvalue weighted by atomic mass is 10.1. The number of pyridine rings is 1. The first kappa shape index (κ1) is 17.9. The molecule has 6 nitrogen and oxygen atoms in total. The van der Waals surface area contributed by atoms with E-state index in [1.807, 2.05) is 43.3 Å². The minimum atomic E-state index is -0.301. The van der Waals surface area contributed by atoms with Crippen molar-refractivity contribution < 1.29 is 14.3 Å². The van der Waals surface area contributed by atoms with Crippen molar-refractivity contribution in [2.45, 2.75) is 13.5 Å². The number of thiophene rings is 1. The molecule has 1 aromatic carbocycles. The van der Waals surface area contributed by atoms with Crippen molar-refractivity contribution in [2.75, 3.05) is 18.2 Å². The number of benzene rings is 1. The smallest absolute Gasteiger partial charge is 0.260 e. The Kier molecular flexibility index (Phi) is 5.50. The maximum atomic E-state index is 12.6. The summed E-state index contributed by atoms with van der Waals surface area (Å²) in [6.07, 6.45) is 0. The molecule has 0 radical (unpaired) electrons. The summed E-state index contributed by atoms with van der Waals surface area (Å²) < 4.78 is 10.8. The lowest BCUT2D eigenvalue weighted by Gasteiger charge is -2.10. The number of nitrogens with two attached hydrogens (primary N) is 1. The molecule has 26 heavy (non-hydrogen) atoms. The van der Waals surface area contributed by atoms with Gasteiger partial charge in [0.05, 0.1) is 22.9 Å². The minimum absolute atomic E-state index is 0.187. The Morgan fingerprint density at radius 1 is 1.23 bits per heavy atom.